The molecule has 1 heterocycles. The Morgan fingerprint density at radius 2 is 1.84 bits per heavy atom. The van der Waals surface area contributed by atoms with Gasteiger partial charge < -0.3 is 26.2 Å². The summed E-state index contributed by atoms with van der Waals surface area (Å²) in [7, 11) is 0. The van der Waals surface area contributed by atoms with Gasteiger partial charge >= 0.3 is 0 Å². The van der Waals surface area contributed by atoms with Gasteiger partial charge in [0.1, 0.15) is 6.04 Å². The molecule has 244 valence electrons. The molecule has 9 nitrogen and oxygen atoms in total. The van der Waals surface area contributed by atoms with Crippen LogP contribution in [0.1, 0.15) is 105 Å². The highest BCUT2D eigenvalue weighted by molar-refractivity contribution is 5.98. The molecule has 0 bridgehead atoms. The summed E-state index contributed by atoms with van der Waals surface area (Å²) >= 11 is 0. The molecule has 0 saturated heterocycles. The summed E-state index contributed by atoms with van der Waals surface area (Å²) < 4.78 is 0. The number of rotatable bonds is 14. The molecular weight excluding hydrogens is 564 g/mol. The van der Waals surface area contributed by atoms with Crippen LogP contribution in [-0.2, 0) is 16.1 Å². The van der Waals surface area contributed by atoms with E-state index in [1.165, 1.54) is 11.1 Å². The first-order valence-corrected chi connectivity index (χ1v) is 16.9. The maximum absolute atomic E-state index is 13.8. The third kappa shape index (κ3) is 9.55. The van der Waals surface area contributed by atoms with Crippen LogP contribution in [0.4, 0.5) is 0 Å². The van der Waals surface area contributed by atoms with E-state index in [1.807, 2.05) is 17.0 Å². The average Bonchev–Trinajstić information content (AvgIpc) is 3.59. The summed E-state index contributed by atoms with van der Waals surface area (Å²) in [6.45, 7) is 10.5. The van der Waals surface area contributed by atoms with Gasteiger partial charge in [-0.2, -0.15) is 0 Å². The largest absolute Gasteiger partial charge is 0.355 e. The number of carbonyl (C=O) groups is 3. The normalized spacial score (nSPS) is 19.1. The Bertz CT molecular complexity index is 1310. The van der Waals surface area contributed by atoms with E-state index in [9.17, 15) is 14.4 Å². The molecule has 4 rings (SSSR count). The zero-order valence-corrected chi connectivity index (χ0v) is 27.5. The van der Waals surface area contributed by atoms with Crippen LogP contribution in [0.2, 0.25) is 0 Å². The highest BCUT2D eigenvalue weighted by Gasteiger charge is 2.36. The van der Waals surface area contributed by atoms with Gasteiger partial charge in [0, 0.05) is 36.7 Å². The Balaban J connectivity index is 1.38. The van der Waals surface area contributed by atoms with E-state index < -0.39 is 6.04 Å². The van der Waals surface area contributed by atoms with Crippen molar-refractivity contribution in [3.63, 3.8) is 0 Å². The van der Waals surface area contributed by atoms with E-state index in [1.54, 1.807) is 12.1 Å². The molecule has 0 spiro atoms. The van der Waals surface area contributed by atoms with Gasteiger partial charge in [-0.1, -0.05) is 81.5 Å². The summed E-state index contributed by atoms with van der Waals surface area (Å²) in [4.78, 5) is 46.8. The van der Waals surface area contributed by atoms with Crippen molar-refractivity contribution in [2.75, 3.05) is 19.6 Å². The van der Waals surface area contributed by atoms with Gasteiger partial charge in [-0.25, -0.2) is 0 Å². The van der Waals surface area contributed by atoms with Crippen LogP contribution in [0, 0.1) is 6.92 Å². The number of hydrogen-bond donors (Lipinski definition) is 4. The minimum atomic E-state index is -0.718. The first-order chi connectivity index (χ1) is 21.8. The van der Waals surface area contributed by atoms with Crippen molar-refractivity contribution in [3.8, 4) is 0 Å². The molecule has 4 N–H and O–H groups in total. The molecule has 2 aromatic carbocycles. The molecule has 1 aliphatic heterocycles. The Morgan fingerprint density at radius 3 is 2.53 bits per heavy atom. The van der Waals surface area contributed by atoms with E-state index >= 15 is 0 Å². The van der Waals surface area contributed by atoms with Crippen molar-refractivity contribution in [1.82, 2.24) is 26.2 Å². The van der Waals surface area contributed by atoms with Crippen LogP contribution in [-0.4, -0.2) is 66.3 Å². The number of amides is 3. The van der Waals surface area contributed by atoms with Crippen LogP contribution in [0.3, 0.4) is 0 Å². The van der Waals surface area contributed by atoms with E-state index in [0.29, 0.717) is 18.5 Å². The first-order valence-electron chi connectivity index (χ1n) is 16.9. The maximum atomic E-state index is 13.8. The van der Waals surface area contributed by atoms with Crippen LogP contribution in [0.15, 0.2) is 53.5 Å². The molecule has 2 aliphatic rings. The standard InChI is InChI=1S/C36H52N6O3/c1-5-7-14-31(41-34(44)28-18-16-27(17-19-28)23-40-36-37-20-21-38-36)35(45)39-24-33(43)42(26(4)6-2)32-15-9-8-13-30(32)29-12-10-11-25(3)22-29/h10-12,16-19,22,26,30-32H,5-9,13-15,20-21,23-24H2,1-4H3,(H,39,45)(H,41,44)(H2,37,38,40)/t26?,30?,31?,32-/m1/s1. The number of aliphatic imine (C=N–C) groups is 1. The molecule has 0 radical (unpaired) electrons. The Kier molecular flexibility index (Phi) is 12.8. The van der Waals surface area contributed by atoms with E-state index in [0.717, 1.165) is 69.6 Å². The Morgan fingerprint density at radius 1 is 1.07 bits per heavy atom. The number of unbranched alkanes of at least 4 members (excludes halogenated alkanes) is 1. The fourth-order valence-corrected chi connectivity index (χ4v) is 6.46. The van der Waals surface area contributed by atoms with Crippen LogP contribution in [0.5, 0.6) is 0 Å². The van der Waals surface area contributed by atoms with Crippen molar-refractivity contribution in [1.29, 1.82) is 0 Å². The summed E-state index contributed by atoms with van der Waals surface area (Å²) in [6.07, 6.45) is 7.28. The third-order valence-corrected chi connectivity index (χ3v) is 9.14. The minimum absolute atomic E-state index is 0.0565. The summed E-state index contributed by atoms with van der Waals surface area (Å²) in [6, 6.07) is 15.4. The zero-order valence-electron chi connectivity index (χ0n) is 27.5. The Hall–Kier alpha value is -3.88. The number of nitrogens with zero attached hydrogens (tertiary/aromatic N) is 2. The van der Waals surface area contributed by atoms with Crippen molar-refractivity contribution in [2.45, 2.75) is 110 Å². The second-order valence-corrected chi connectivity index (χ2v) is 12.5. The maximum Gasteiger partial charge on any atom is 0.251 e. The number of carbonyl (C=O) groups excluding carboxylic acids is 3. The molecule has 1 aliphatic carbocycles. The quantitative estimate of drug-likeness (QED) is 0.244. The van der Waals surface area contributed by atoms with Gasteiger partial charge in [-0.05, 0) is 62.8 Å². The third-order valence-electron chi connectivity index (χ3n) is 9.14. The molecule has 4 atom stereocenters. The smallest absolute Gasteiger partial charge is 0.251 e. The second-order valence-electron chi connectivity index (χ2n) is 12.5. The topological polar surface area (TPSA) is 115 Å². The molecule has 3 unspecified atom stereocenters. The van der Waals surface area contributed by atoms with Gasteiger partial charge in [0.2, 0.25) is 11.8 Å². The fourth-order valence-electron chi connectivity index (χ4n) is 6.46. The molecular formula is C36H52N6O3. The number of benzene rings is 2. The summed E-state index contributed by atoms with van der Waals surface area (Å²) in [5, 5.41) is 12.2. The fraction of sp³-hybridized carbons (Fsp3) is 0.556. The van der Waals surface area contributed by atoms with Gasteiger partial charge in [0.25, 0.3) is 5.91 Å². The first kappa shape index (κ1) is 34.0. The van der Waals surface area contributed by atoms with Crippen LogP contribution < -0.4 is 21.3 Å². The molecule has 3 amide bonds. The number of aryl methyl sites for hydroxylation is 1. The molecule has 0 aromatic heterocycles. The predicted octanol–water partition coefficient (Wildman–Crippen LogP) is 4.80. The molecule has 1 saturated carbocycles. The van der Waals surface area contributed by atoms with E-state index in [-0.39, 0.29) is 42.3 Å². The van der Waals surface area contributed by atoms with Gasteiger partial charge in [0.05, 0.1) is 13.1 Å². The highest BCUT2D eigenvalue weighted by Crippen LogP contribution is 2.37. The van der Waals surface area contributed by atoms with Crippen molar-refractivity contribution < 1.29 is 14.4 Å². The Labute approximate surface area is 269 Å². The van der Waals surface area contributed by atoms with Crippen molar-refractivity contribution in [2.24, 2.45) is 4.99 Å². The molecule has 1 fully saturated rings. The lowest BCUT2D eigenvalue weighted by molar-refractivity contribution is -0.138. The molecule has 2 aromatic rings. The van der Waals surface area contributed by atoms with Crippen molar-refractivity contribution in [3.05, 3.63) is 70.8 Å². The SMILES string of the molecule is CCCCC(NC(=O)c1ccc(CNC2=NCCN2)cc1)C(=O)NCC(=O)N(C(C)CC)[C@@H]1CCCCC1c1cccc(C)c1. The number of nitrogens with one attached hydrogen (secondary N) is 4. The lowest BCUT2D eigenvalue weighted by Gasteiger charge is -2.43. The van der Waals surface area contributed by atoms with Gasteiger partial charge in [-0.3, -0.25) is 19.4 Å². The van der Waals surface area contributed by atoms with E-state index in [4.69, 9.17) is 0 Å². The van der Waals surface area contributed by atoms with Crippen LogP contribution >= 0.6 is 0 Å². The van der Waals surface area contributed by atoms with Crippen LogP contribution in [0.25, 0.3) is 0 Å². The highest BCUT2D eigenvalue weighted by atomic mass is 16.2. The monoisotopic (exact) mass is 616 g/mol. The predicted molar refractivity (Wildman–Crippen MR) is 180 cm³/mol. The van der Waals surface area contributed by atoms with E-state index in [2.05, 4.69) is 78.2 Å². The number of hydrogen-bond acceptors (Lipinski definition) is 6. The lowest BCUT2D eigenvalue weighted by atomic mass is 9.78. The summed E-state index contributed by atoms with van der Waals surface area (Å²) in [5.74, 6) is 0.379. The van der Waals surface area contributed by atoms with Gasteiger partial charge in [0.15, 0.2) is 5.96 Å². The summed E-state index contributed by atoms with van der Waals surface area (Å²) in [5.41, 5.74) is 4.03. The van der Waals surface area contributed by atoms with Crippen molar-refractivity contribution >= 4 is 23.7 Å². The average molecular weight is 617 g/mol. The molecule has 9 heteroatoms. The minimum Gasteiger partial charge on any atom is -0.355 e. The number of guanidine groups is 1. The second kappa shape index (κ2) is 17.0. The van der Waals surface area contributed by atoms with Gasteiger partial charge in [-0.15, -0.1) is 0 Å². The zero-order chi connectivity index (χ0) is 32.2. The molecule has 45 heavy (non-hydrogen) atoms. The lowest BCUT2D eigenvalue weighted by Crippen LogP contribution is -2.54.